The molecule has 1 aromatic rings. The van der Waals surface area contributed by atoms with Crippen LogP contribution in [-0.4, -0.2) is 4.98 Å². The average Bonchev–Trinajstić information content (AvgIpc) is 1.93. The SMILES string of the molecule is CC(C)(C)Cc1ncc(Cl)cc1Cl. The fourth-order valence-electron chi connectivity index (χ4n) is 1.08. The van der Waals surface area contributed by atoms with Crippen LogP contribution in [0.2, 0.25) is 10.0 Å². The molecule has 0 spiro atoms. The fraction of sp³-hybridized carbons (Fsp3) is 0.500. The van der Waals surface area contributed by atoms with Gasteiger partial charge in [-0.1, -0.05) is 44.0 Å². The van der Waals surface area contributed by atoms with E-state index in [4.69, 9.17) is 23.2 Å². The maximum absolute atomic E-state index is 5.99. The molecule has 0 radical (unpaired) electrons. The summed E-state index contributed by atoms with van der Waals surface area (Å²) in [4.78, 5) is 4.20. The van der Waals surface area contributed by atoms with Gasteiger partial charge in [0.05, 0.1) is 15.7 Å². The summed E-state index contributed by atoms with van der Waals surface area (Å²) < 4.78 is 0. The van der Waals surface area contributed by atoms with Crippen molar-refractivity contribution < 1.29 is 0 Å². The van der Waals surface area contributed by atoms with Crippen molar-refractivity contribution in [2.45, 2.75) is 27.2 Å². The van der Waals surface area contributed by atoms with Gasteiger partial charge in [-0.05, 0) is 17.9 Å². The molecule has 0 unspecified atom stereocenters. The normalized spacial score (nSPS) is 11.8. The highest BCUT2D eigenvalue weighted by molar-refractivity contribution is 6.34. The van der Waals surface area contributed by atoms with Crippen LogP contribution in [0.15, 0.2) is 12.3 Å². The van der Waals surface area contributed by atoms with Gasteiger partial charge in [0, 0.05) is 6.20 Å². The summed E-state index contributed by atoms with van der Waals surface area (Å²) in [6, 6.07) is 1.73. The molecule has 0 N–H and O–H groups in total. The van der Waals surface area contributed by atoms with Crippen LogP contribution in [0.3, 0.4) is 0 Å². The summed E-state index contributed by atoms with van der Waals surface area (Å²) in [5, 5.41) is 1.24. The largest absolute Gasteiger partial charge is 0.258 e. The Balaban J connectivity index is 2.90. The van der Waals surface area contributed by atoms with E-state index in [0.29, 0.717) is 10.0 Å². The van der Waals surface area contributed by atoms with E-state index in [1.165, 1.54) is 0 Å². The number of aromatic nitrogens is 1. The number of pyridine rings is 1. The van der Waals surface area contributed by atoms with Gasteiger partial charge in [0.25, 0.3) is 0 Å². The van der Waals surface area contributed by atoms with Crippen LogP contribution < -0.4 is 0 Å². The lowest BCUT2D eigenvalue weighted by Crippen LogP contribution is -2.10. The quantitative estimate of drug-likeness (QED) is 0.694. The highest BCUT2D eigenvalue weighted by Crippen LogP contribution is 2.25. The van der Waals surface area contributed by atoms with E-state index in [1.807, 2.05) is 0 Å². The van der Waals surface area contributed by atoms with Gasteiger partial charge in [-0.2, -0.15) is 0 Å². The molecule has 0 aliphatic rings. The molecule has 0 aliphatic carbocycles. The molecular formula is C10H13Cl2N. The Hall–Kier alpha value is -0.270. The van der Waals surface area contributed by atoms with E-state index in [0.717, 1.165) is 12.1 Å². The van der Waals surface area contributed by atoms with Gasteiger partial charge in [-0.15, -0.1) is 0 Å². The van der Waals surface area contributed by atoms with Crippen LogP contribution in [0.4, 0.5) is 0 Å². The highest BCUT2D eigenvalue weighted by atomic mass is 35.5. The third-order valence-corrected chi connectivity index (χ3v) is 2.12. The summed E-state index contributed by atoms with van der Waals surface area (Å²) in [6.45, 7) is 6.46. The smallest absolute Gasteiger partial charge is 0.0636 e. The van der Waals surface area contributed by atoms with Crippen LogP contribution in [0.1, 0.15) is 26.5 Å². The first-order valence-electron chi connectivity index (χ1n) is 4.18. The van der Waals surface area contributed by atoms with Gasteiger partial charge in [-0.3, -0.25) is 4.98 Å². The van der Waals surface area contributed by atoms with Crippen molar-refractivity contribution in [1.29, 1.82) is 0 Å². The topological polar surface area (TPSA) is 12.9 Å². The minimum Gasteiger partial charge on any atom is -0.258 e. The van der Waals surface area contributed by atoms with Crippen molar-refractivity contribution in [3.05, 3.63) is 28.0 Å². The van der Waals surface area contributed by atoms with Gasteiger partial charge in [0.2, 0.25) is 0 Å². The Morgan fingerprint density at radius 3 is 2.38 bits per heavy atom. The maximum atomic E-state index is 5.99. The summed E-state index contributed by atoms with van der Waals surface area (Å²) >= 11 is 11.7. The monoisotopic (exact) mass is 217 g/mol. The molecule has 0 saturated carbocycles. The third-order valence-electron chi connectivity index (χ3n) is 1.58. The Morgan fingerprint density at radius 1 is 1.31 bits per heavy atom. The molecule has 72 valence electrons. The Kier molecular flexibility index (Phi) is 3.20. The van der Waals surface area contributed by atoms with E-state index in [1.54, 1.807) is 12.3 Å². The molecule has 1 aromatic heterocycles. The molecule has 0 saturated heterocycles. The molecule has 1 rings (SSSR count). The van der Waals surface area contributed by atoms with E-state index in [9.17, 15) is 0 Å². The van der Waals surface area contributed by atoms with Crippen LogP contribution in [-0.2, 0) is 6.42 Å². The summed E-state index contributed by atoms with van der Waals surface area (Å²) in [5.41, 5.74) is 1.11. The molecule has 0 bridgehead atoms. The van der Waals surface area contributed by atoms with E-state index < -0.39 is 0 Å². The van der Waals surface area contributed by atoms with Gasteiger partial charge >= 0.3 is 0 Å². The second-order valence-electron chi connectivity index (χ2n) is 4.32. The summed E-state index contributed by atoms with van der Waals surface area (Å²) in [6.07, 6.45) is 2.50. The number of hydrogen-bond acceptors (Lipinski definition) is 1. The number of hydrogen-bond donors (Lipinski definition) is 0. The second-order valence-corrected chi connectivity index (χ2v) is 5.16. The third kappa shape index (κ3) is 3.53. The first-order chi connectivity index (χ1) is 5.88. The Morgan fingerprint density at radius 2 is 1.92 bits per heavy atom. The van der Waals surface area contributed by atoms with Gasteiger partial charge in [0.1, 0.15) is 0 Å². The lowest BCUT2D eigenvalue weighted by atomic mass is 9.90. The fourth-order valence-corrected chi connectivity index (χ4v) is 1.52. The molecular weight excluding hydrogens is 205 g/mol. The predicted octanol–water partition coefficient (Wildman–Crippen LogP) is 3.98. The lowest BCUT2D eigenvalue weighted by Gasteiger charge is -2.17. The van der Waals surface area contributed by atoms with Crippen molar-refractivity contribution >= 4 is 23.2 Å². The van der Waals surface area contributed by atoms with Crippen LogP contribution in [0.5, 0.6) is 0 Å². The minimum atomic E-state index is 0.199. The zero-order valence-corrected chi connectivity index (χ0v) is 9.58. The molecule has 0 atom stereocenters. The summed E-state index contributed by atoms with van der Waals surface area (Å²) in [7, 11) is 0. The molecule has 1 nitrogen and oxygen atoms in total. The zero-order chi connectivity index (χ0) is 10.1. The average molecular weight is 218 g/mol. The Bertz CT molecular complexity index is 302. The highest BCUT2D eigenvalue weighted by Gasteiger charge is 2.14. The number of halogens is 2. The first-order valence-corrected chi connectivity index (χ1v) is 4.94. The predicted molar refractivity (Wildman–Crippen MR) is 57.4 cm³/mol. The minimum absolute atomic E-state index is 0.199. The van der Waals surface area contributed by atoms with Crippen molar-refractivity contribution in [3.63, 3.8) is 0 Å². The van der Waals surface area contributed by atoms with Crippen LogP contribution in [0.25, 0.3) is 0 Å². The van der Waals surface area contributed by atoms with E-state index >= 15 is 0 Å². The van der Waals surface area contributed by atoms with Gasteiger partial charge in [-0.25, -0.2) is 0 Å². The van der Waals surface area contributed by atoms with E-state index in [2.05, 4.69) is 25.8 Å². The standard InChI is InChI=1S/C10H13Cl2N/c1-10(2,3)5-9-8(12)4-7(11)6-13-9/h4,6H,5H2,1-3H3. The van der Waals surface area contributed by atoms with Crippen molar-refractivity contribution in [3.8, 4) is 0 Å². The van der Waals surface area contributed by atoms with Crippen LogP contribution >= 0.6 is 23.2 Å². The molecule has 1 heterocycles. The second kappa shape index (κ2) is 3.85. The summed E-state index contributed by atoms with van der Waals surface area (Å²) in [5.74, 6) is 0. The molecule has 0 aromatic carbocycles. The lowest BCUT2D eigenvalue weighted by molar-refractivity contribution is 0.406. The molecule has 0 fully saturated rings. The first kappa shape index (κ1) is 10.8. The molecule has 0 amide bonds. The van der Waals surface area contributed by atoms with Crippen LogP contribution in [0, 0.1) is 5.41 Å². The number of rotatable bonds is 1. The van der Waals surface area contributed by atoms with Gasteiger partial charge < -0.3 is 0 Å². The maximum Gasteiger partial charge on any atom is 0.0636 e. The Labute approximate surface area is 89.1 Å². The van der Waals surface area contributed by atoms with Gasteiger partial charge in [0.15, 0.2) is 0 Å². The number of nitrogens with zero attached hydrogens (tertiary/aromatic N) is 1. The zero-order valence-electron chi connectivity index (χ0n) is 8.06. The van der Waals surface area contributed by atoms with Crippen molar-refractivity contribution in [1.82, 2.24) is 4.98 Å². The van der Waals surface area contributed by atoms with Crippen molar-refractivity contribution in [2.24, 2.45) is 5.41 Å². The molecule has 0 aliphatic heterocycles. The van der Waals surface area contributed by atoms with Crippen molar-refractivity contribution in [2.75, 3.05) is 0 Å². The molecule has 3 heteroatoms. The van der Waals surface area contributed by atoms with E-state index in [-0.39, 0.29) is 5.41 Å². The molecule has 13 heavy (non-hydrogen) atoms.